The summed E-state index contributed by atoms with van der Waals surface area (Å²) in [6, 6.07) is 0.134. The van der Waals surface area contributed by atoms with E-state index < -0.39 is 10.3 Å². The maximum absolute atomic E-state index is 10.7. The Kier molecular flexibility index (Phi) is 2.11. The van der Waals surface area contributed by atoms with E-state index >= 15 is 0 Å². The zero-order valence-electron chi connectivity index (χ0n) is 8.67. The molecule has 0 saturated heterocycles. The van der Waals surface area contributed by atoms with E-state index in [0.717, 1.165) is 12.8 Å². The summed E-state index contributed by atoms with van der Waals surface area (Å²) in [4.78, 5) is 14.0. The lowest BCUT2D eigenvalue weighted by Crippen LogP contribution is -2.29. The number of hydrogen-bond donors (Lipinski definition) is 1. The lowest BCUT2D eigenvalue weighted by molar-refractivity contribution is -0.396. The van der Waals surface area contributed by atoms with Gasteiger partial charge in [0.05, 0.1) is 11.4 Å². The SMILES string of the molecule is BC(B)(O)c1cnc([N+](=O)[O-])n1C1CC1. The highest BCUT2D eigenvalue weighted by Gasteiger charge is 2.39. The topological polar surface area (TPSA) is 81.2 Å². The molecule has 1 saturated carbocycles. The van der Waals surface area contributed by atoms with Crippen LogP contribution in [0.5, 0.6) is 0 Å². The molecule has 1 aromatic heterocycles. The standard InChI is InChI=1S/C7H11B2N3O3/c8-7(9,13)5-3-10-6(12(14)15)11(5)4-1-2-4/h3-4,13H,1-2,8-9H2. The van der Waals surface area contributed by atoms with Crippen molar-refractivity contribution in [1.29, 1.82) is 0 Å². The molecule has 1 N–H and O–H groups in total. The Morgan fingerprint density at radius 1 is 1.67 bits per heavy atom. The van der Waals surface area contributed by atoms with Gasteiger partial charge in [-0.2, -0.15) is 0 Å². The van der Waals surface area contributed by atoms with E-state index in [0.29, 0.717) is 5.69 Å². The van der Waals surface area contributed by atoms with Gasteiger partial charge in [0.1, 0.15) is 27.6 Å². The Labute approximate surface area is 88.3 Å². The fraction of sp³-hybridized carbons (Fsp3) is 0.571. The van der Waals surface area contributed by atoms with Crippen molar-refractivity contribution in [3.05, 3.63) is 22.0 Å². The summed E-state index contributed by atoms with van der Waals surface area (Å²) in [5.41, 5.74) is 0.511. The molecule has 0 aromatic carbocycles. The van der Waals surface area contributed by atoms with Crippen LogP contribution < -0.4 is 0 Å². The quantitative estimate of drug-likeness (QED) is 0.371. The Balaban J connectivity index is 2.52. The summed E-state index contributed by atoms with van der Waals surface area (Å²) in [5, 5.41) is 19.5. The molecule has 1 aliphatic carbocycles. The van der Waals surface area contributed by atoms with E-state index in [4.69, 9.17) is 0 Å². The third kappa shape index (κ3) is 1.77. The van der Waals surface area contributed by atoms with Gasteiger partial charge in [-0.15, -0.1) is 0 Å². The second kappa shape index (κ2) is 3.10. The minimum absolute atomic E-state index is 0.134. The van der Waals surface area contributed by atoms with Crippen molar-refractivity contribution in [3.63, 3.8) is 0 Å². The van der Waals surface area contributed by atoms with Gasteiger partial charge in [-0.1, -0.05) is 4.98 Å². The molecule has 2 rings (SSSR count). The fourth-order valence-electron chi connectivity index (χ4n) is 1.63. The zero-order chi connectivity index (χ0) is 11.2. The number of nitrogens with zero attached hydrogens (tertiary/aromatic N) is 3. The Bertz CT molecular complexity index is 408. The van der Waals surface area contributed by atoms with Crippen molar-refractivity contribution in [3.8, 4) is 0 Å². The molecule has 78 valence electrons. The summed E-state index contributed by atoms with van der Waals surface area (Å²) in [5.74, 6) is -0.172. The smallest absolute Gasteiger partial charge is 0.400 e. The van der Waals surface area contributed by atoms with E-state index in [9.17, 15) is 15.2 Å². The molecule has 1 aliphatic rings. The van der Waals surface area contributed by atoms with Gasteiger partial charge in [0, 0.05) is 0 Å². The van der Waals surface area contributed by atoms with Crippen molar-refractivity contribution in [1.82, 2.24) is 9.55 Å². The van der Waals surface area contributed by atoms with Gasteiger partial charge in [-0.3, -0.25) is 0 Å². The lowest BCUT2D eigenvalue weighted by atomic mass is 9.63. The van der Waals surface area contributed by atoms with Crippen LogP contribution in [0.4, 0.5) is 5.95 Å². The molecule has 0 atom stereocenters. The van der Waals surface area contributed by atoms with E-state index in [1.54, 1.807) is 20.3 Å². The second-order valence-corrected chi connectivity index (χ2v) is 4.36. The van der Waals surface area contributed by atoms with Crippen LogP contribution in [-0.4, -0.2) is 35.3 Å². The molecule has 0 radical (unpaired) electrons. The molecule has 0 amide bonds. The van der Waals surface area contributed by atoms with Crippen LogP contribution in [0, 0.1) is 10.1 Å². The third-order valence-electron chi connectivity index (χ3n) is 2.48. The van der Waals surface area contributed by atoms with Gasteiger partial charge in [0.15, 0.2) is 0 Å². The molecule has 0 spiro atoms. The first-order chi connectivity index (χ1) is 6.91. The minimum atomic E-state index is -1.09. The van der Waals surface area contributed by atoms with Gasteiger partial charge in [0.25, 0.3) is 0 Å². The average Bonchev–Trinajstić information content (AvgIpc) is 2.81. The van der Waals surface area contributed by atoms with Crippen LogP contribution in [-0.2, 0) is 5.40 Å². The molecule has 6 nitrogen and oxygen atoms in total. The Hall–Kier alpha value is -1.30. The lowest BCUT2D eigenvalue weighted by Gasteiger charge is -2.16. The van der Waals surface area contributed by atoms with E-state index in [1.807, 2.05) is 0 Å². The molecule has 1 fully saturated rings. The highest BCUT2D eigenvalue weighted by Crippen LogP contribution is 2.40. The van der Waals surface area contributed by atoms with Gasteiger partial charge in [0.2, 0.25) is 0 Å². The predicted molar refractivity (Wildman–Crippen MR) is 58.1 cm³/mol. The number of rotatable bonds is 3. The number of imidazole rings is 1. The number of hydrogen-bond acceptors (Lipinski definition) is 4. The zero-order valence-corrected chi connectivity index (χ0v) is 8.67. The van der Waals surface area contributed by atoms with Gasteiger partial charge >= 0.3 is 5.95 Å². The maximum Gasteiger partial charge on any atom is 0.435 e. The average molecular weight is 207 g/mol. The van der Waals surface area contributed by atoms with Crippen LogP contribution in [0.25, 0.3) is 0 Å². The fourth-order valence-corrected chi connectivity index (χ4v) is 1.63. The first-order valence-corrected chi connectivity index (χ1v) is 4.85. The molecular formula is C7H11B2N3O3. The third-order valence-corrected chi connectivity index (χ3v) is 2.48. The van der Waals surface area contributed by atoms with Crippen LogP contribution in [0.1, 0.15) is 24.6 Å². The van der Waals surface area contributed by atoms with Crippen molar-refractivity contribution in [2.24, 2.45) is 0 Å². The van der Waals surface area contributed by atoms with E-state index in [-0.39, 0.29) is 12.0 Å². The van der Waals surface area contributed by atoms with Crippen molar-refractivity contribution < 1.29 is 10.0 Å². The predicted octanol–water partition coefficient (Wildman–Crippen LogP) is -1.51. The molecular weight excluding hydrogens is 196 g/mol. The first kappa shape index (κ1) is 10.2. The Morgan fingerprint density at radius 2 is 2.27 bits per heavy atom. The molecule has 1 heterocycles. The number of nitro groups is 1. The number of aliphatic hydroxyl groups is 1. The van der Waals surface area contributed by atoms with Crippen LogP contribution >= 0.6 is 0 Å². The summed E-state index contributed by atoms with van der Waals surface area (Å²) in [6.07, 6.45) is 3.22. The number of aromatic nitrogens is 2. The molecule has 15 heavy (non-hydrogen) atoms. The normalized spacial score (nSPS) is 16.6. The first-order valence-electron chi connectivity index (χ1n) is 4.85. The molecule has 0 bridgehead atoms. The molecule has 8 heteroatoms. The highest BCUT2D eigenvalue weighted by molar-refractivity contribution is 6.38. The summed E-state index contributed by atoms with van der Waals surface area (Å²) in [7, 11) is 3.21. The van der Waals surface area contributed by atoms with Crippen molar-refractivity contribution >= 4 is 21.6 Å². The maximum atomic E-state index is 10.7. The van der Waals surface area contributed by atoms with Crippen LogP contribution in [0.15, 0.2) is 6.20 Å². The highest BCUT2D eigenvalue weighted by atomic mass is 16.6. The largest absolute Gasteiger partial charge is 0.435 e. The molecule has 0 aliphatic heterocycles. The second-order valence-electron chi connectivity index (χ2n) is 4.36. The van der Waals surface area contributed by atoms with Gasteiger partial charge in [-0.25, -0.2) is 4.57 Å². The minimum Gasteiger partial charge on any atom is -0.400 e. The Morgan fingerprint density at radius 3 is 2.67 bits per heavy atom. The summed E-state index contributed by atoms with van der Waals surface area (Å²) >= 11 is 0. The van der Waals surface area contributed by atoms with Crippen molar-refractivity contribution in [2.45, 2.75) is 24.3 Å². The van der Waals surface area contributed by atoms with Crippen LogP contribution in [0.2, 0.25) is 0 Å². The van der Waals surface area contributed by atoms with E-state index in [1.165, 1.54) is 6.20 Å². The molecule has 1 aromatic rings. The van der Waals surface area contributed by atoms with Crippen LogP contribution in [0.3, 0.4) is 0 Å². The summed E-state index contributed by atoms with van der Waals surface area (Å²) < 4.78 is 1.54. The monoisotopic (exact) mass is 207 g/mol. The summed E-state index contributed by atoms with van der Waals surface area (Å²) in [6.45, 7) is 0. The molecule has 0 unspecified atom stereocenters. The van der Waals surface area contributed by atoms with E-state index in [2.05, 4.69) is 4.98 Å². The van der Waals surface area contributed by atoms with Gasteiger partial charge < -0.3 is 15.2 Å². The van der Waals surface area contributed by atoms with Gasteiger partial charge in [-0.05, 0) is 17.8 Å². The van der Waals surface area contributed by atoms with Crippen molar-refractivity contribution in [2.75, 3.05) is 0 Å².